The quantitative estimate of drug-likeness (QED) is 0.615. The van der Waals surface area contributed by atoms with Gasteiger partial charge in [0, 0.05) is 18.6 Å². The highest BCUT2D eigenvalue weighted by atomic mass is 19.1. The summed E-state index contributed by atoms with van der Waals surface area (Å²) < 4.78 is 15.6. The SMILES string of the molecule is O=C(Nc1ccccc1F)c1cnc2c(c1)ncn2Cc1cccnc1. The van der Waals surface area contributed by atoms with Gasteiger partial charge in [-0.25, -0.2) is 14.4 Å². The number of rotatable bonds is 4. The molecule has 0 unspecified atom stereocenters. The molecule has 0 radical (unpaired) electrons. The number of fused-ring (bicyclic) bond motifs is 1. The monoisotopic (exact) mass is 347 g/mol. The predicted octanol–water partition coefficient (Wildman–Crippen LogP) is 3.27. The molecule has 1 aromatic carbocycles. The van der Waals surface area contributed by atoms with Crippen LogP contribution in [-0.4, -0.2) is 25.4 Å². The van der Waals surface area contributed by atoms with Gasteiger partial charge in [-0.1, -0.05) is 18.2 Å². The zero-order valence-electron chi connectivity index (χ0n) is 13.6. The van der Waals surface area contributed by atoms with Crippen molar-refractivity contribution in [3.8, 4) is 0 Å². The minimum absolute atomic E-state index is 0.125. The van der Waals surface area contributed by atoms with Gasteiger partial charge in [0.1, 0.15) is 11.3 Å². The van der Waals surface area contributed by atoms with Gasteiger partial charge in [-0.05, 0) is 29.8 Å². The topological polar surface area (TPSA) is 72.7 Å². The van der Waals surface area contributed by atoms with Crippen molar-refractivity contribution in [2.24, 2.45) is 0 Å². The number of benzene rings is 1. The first-order valence-electron chi connectivity index (χ1n) is 7.96. The van der Waals surface area contributed by atoms with Gasteiger partial charge >= 0.3 is 0 Å². The molecule has 7 heteroatoms. The minimum Gasteiger partial charge on any atom is -0.319 e. The maximum atomic E-state index is 13.7. The van der Waals surface area contributed by atoms with Gasteiger partial charge in [-0.2, -0.15) is 0 Å². The molecule has 0 fully saturated rings. The summed E-state index contributed by atoms with van der Waals surface area (Å²) in [5, 5.41) is 2.54. The number of para-hydroxylation sites is 1. The molecule has 3 heterocycles. The number of carbonyl (C=O) groups is 1. The highest BCUT2D eigenvalue weighted by molar-refractivity contribution is 6.05. The summed E-state index contributed by atoms with van der Waals surface area (Å²) in [5.41, 5.74) is 2.72. The summed E-state index contributed by atoms with van der Waals surface area (Å²) in [7, 11) is 0. The van der Waals surface area contributed by atoms with E-state index in [1.807, 2.05) is 16.7 Å². The molecule has 1 N–H and O–H groups in total. The Balaban J connectivity index is 1.58. The molecule has 128 valence electrons. The van der Waals surface area contributed by atoms with E-state index in [1.54, 1.807) is 36.9 Å². The second kappa shape index (κ2) is 6.72. The van der Waals surface area contributed by atoms with Crippen LogP contribution in [0.15, 0.2) is 67.4 Å². The predicted molar refractivity (Wildman–Crippen MR) is 95.2 cm³/mol. The van der Waals surface area contributed by atoms with Crippen molar-refractivity contribution < 1.29 is 9.18 Å². The molecular formula is C19H14FN5O. The van der Waals surface area contributed by atoms with Gasteiger partial charge in [-0.15, -0.1) is 0 Å². The fraction of sp³-hybridized carbons (Fsp3) is 0.0526. The second-order valence-electron chi connectivity index (χ2n) is 5.73. The number of carbonyl (C=O) groups excluding carboxylic acids is 1. The Hall–Kier alpha value is -3.61. The highest BCUT2D eigenvalue weighted by Crippen LogP contribution is 2.17. The Bertz CT molecular complexity index is 1080. The lowest BCUT2D eigenvalue weighted by Crippen LogP contribution is -2.13. The standard InChI is InChI=1S/C19H14FN5O/c20-15-5-1-2-6-16(15)24-19(26)14-8-17-18(22-10-14)25(12-23-17)11-13-4-3-7-21-9-13/h1-10,12H,11H2,(H,24,26). The lowest BCUT2D eigenvalue weighted by molar-refractivity contribution is 0.102. The lowest BCUT2D eigenvalue weighted by atomic mass is 10.2. The zero-order chi connectivity index (χ0) is 17.9. The van der Waals surface area contributed by atoms with Gasteiger partial charge < -0.3 is 9.88 Å². The molecule has 0 atom stereocenters. The lowest BCUT2D eigenvalue weighted by Gasteiger charge is -2.06. The van der Waals surface area contributed by atoms with E-state index in [4.69, 9.17) is 0 Å². The number of anilines is 1. The summed E-state index contributed by atoms with van der Waals surface area (Å²) in [5.74, 6) is -0.929. The van der Waals surface area contributed by atoms with Crippen molar-refractivity contribution >= 4 is 22.8 Å². The molecule has 0 saturated heterocycles. The molecule has 0 bridgehead atoms. The van der Waals surface area contributed by atoms with Gasteiger partial charge in [0.15, 0.2) is 5.65 Å². The van der Waals surface area contributed by atoms with Crippen LogP contribution in [0, 0.1) is 5.82 Å². The summed E-state index contributed by atoms with van der Waals surface area (Å²) in [6.07, 6.45) is 6.62. The first kappa shape index (κ1) is 15.9. The molecule has 0 aliphatic heterocycles. The van der Waals surface area contributed by atoms with E-state index in [1.165, 1.54) is 18.3 Å². The molecule has 3 aromatic heterocycles. The fourth-order valence-corrected chi connectivity index (χ4v) is 2.63. The van der Waals surface area contributed by atoms with Crippen molar-refractivity contribution in [1.29, 1.82) is 0 Å². The van der Waals surface area contributed by atoms with Crippen molar-refractivity contribution in [3.63, 3.8) is 0 Å². The average molecular weight is 347 g/mol. The molecule has 0 aliphatic rings. The molecule has 4 aromatic rings. The Kier molecular flexibility index (Phi) is 4.10. The highest BCUT2D eigenvalue weighted by Gasteiger charge is 2.12. The van der Waals surface area contributed by atoms with Crippen LogP contribution in [0.2, 0.25) is 0 Å². The van der Waals surface area contributed by atoms with Gasteiger partial charge in [-0.3, -0.25) is 9.78 Å². The largest absolute Gasteiger partial charge is 0.319 e. The van der Waals surface area contributed by atoms with Gasteiger partial charge in [0.2, 0.25) is 0 Å². The molecule has 6 nitrogen and oxygen atoms in total. The van der Waals surface area contributed by atoms with E-state index in [-0.39, 0.29) is 5.69 Å². The van der Waals surface area contributed by atoms with E-state index in [9.17, 15) is 9.18 Å². The second-order valence-corrected chi connectivity index (χ2v) is 5.73. The van der Waals surface area contributed by atoms with Gasteiger partial charge in [0.05, 0.1) is 24.1 Å². The maximum Gasteiger partial charge on any atom is 0.257 e. The number of imidazole rings is 1. The van der Waals surface area contributed by atoms with Crippen molar-refractivity contribution in [2.75, 3.05) is 5.32 Å². The number of aromatic nitrogens is 4. The number of nitrogens with zero attached hydrogens (tertiary/aromatic N) is 4. The normalized spacial score (nSPS) is 10.8. The first-order valence-corrected chi connectivity index (χ1v) is 7.96. The molecule has 0 aliphatic carbocycles. The third-order valence-electron chi connectivity index (χ3n) is 3.92. The fourth-order valence-electron chi connectivity index (χ4n) is 2.63. The average Bonchev–Trinajstić information content (AvgIpc) is 3.06. The summed E-state index contributed by atoms with van der Waals surface area (Å²) >= 11 is 0. The smallest absolute Gasteiger partial charge is 0.257 e. The van der Waals surface area contributed by atoms with Crippen LogP contribution in [0.25, 0.3) is 11.2 Å². The van der Waals surface area contributed by atoms with E-state index in [0.717, 1.165) is 5.56 Å². The van der Waals surface area contributed by atoms with Crippen LogP contribution < -0.4 is 5.32 Å². The minimum atomic E-state index is -0.490. The van der Waals surface area contributed by atoms with Crippen molar-refractivity contribution in [1.82, 2.24) is 19.5 Å². The van der Waals surface area contributed by atoms with E-state index in [0.29, 0.717) is 23.3 Å². The zero-order valence-corrected chi connectivity index (χ0v) is 13.6. The van der Waals surface area contributed by atoms with Crippen LogP contribution in [-0.2, 0) is 6.54 Å². The number of halogens is 1. The summed E-state index contributed by atoms with van der Waals surface area (Å²) in [4.78, 5) is 25.1. The Morgan fingerprint density at radius 2 is 2.00 bits per heavy atom. The summed E-state index contributed by atoms with van der Waals surface area (Å²) in [6.45, 7) is 0.581. The van der Waals surface area contributed by atoms with Crippen LogP contribution in [0.4, 0.5) is 10.1 Å². The van der Waals surface area contributed by atoms with E-state index < -0.39 is 11.7 Å². The maximum absolute atomic E-state index is 13.7. The van der Waals surface area contributed by atoms with Crippen LogP contribution in [0.3, 0.4) is 0 Å². The first-order chi connectivity index (χ1) is 12.7. The van der Waals surface area contributed by atoms with E-state index >= 15 is 0 Å². The van der Waals surface area contributed by atoms with Crippen LogP contribution in [0.1, 0.15) is 15.9 Å². The number of amides is 1. The van der Waals surface area contributed by atoms with E-state index in [2.05, 4.69) is 20.3 Å². The van der Waals surface area contributed by atoms with Gasteiger partial charge in [0.25, 0.3) is 5.91 Å². The third kappa shape index (κ3) is 3.14. The molecule has 1 amide bonds. The number of hydrogen-bond acceptors (Lipinski definition) is 4. The molecule has 26 heavy (non-hydrogen) atoms. The Labute approximate surface area is 148 Å². The Morgan fingerprint density at radius 3 is 2.81 bits per heavy atom. The third-order valence-corrected chi connectivity index (χ3v) is 3.92. The molecule has 4 rings (SSSR count). The number of nitrogens with one attached hydrogen (secondary N) is 1. The van der Waals surface area contributed by atoms with Crippen molar-refractivity contribution in [2.45, 2.75) is 6.54 Å². The molecule has 0 spiro atoms. The van der Waals surface area contributed by atoms with Crippen LogP contribution >= 0.6 is 0 Å². The molecule has 0 saturated carbocycles. The van der Waals surface area contributed by atoms with Crippen LogP contribution in [0.5, 0.6) is 0 Å². The Morgan fingerprint density at radius 1 is 1.12 bits per heavy atom. The molecular weight excluding hydrogens is 333 g/mol. The number of pyridine rings is 2. The number of hydrogen-bond donors (Lipinski definition) is 1. The summed E-state index contributed by atoms with van der Waals surface area (Å²) in [6, 6.07) is 11.5. The van der Waals surface area contributed by atoms with Crippen molar-refractivity contribution in [3.05, 3.63) is 84.3 Å².